The van der Waals surface area contributed by atoms with E-state index in [1.165, 1.54) is 0 Å². The molecule has 31 heavy (non-hydrogen) atoms. The number of rotatable bonds is 5. The fourth-order valence-electron chi connectivity index (χ4n) is 7.94. The summed E-state index contributed by atoms with van der Waals surface area (Å²) in [6, 6.07) is 0. The van der Waals surface area contributed by atoms with Gasteiger partial charge in [-0.25, -0.2) is 0 Å². The van der Waals surface area contributed by atoms with Crippen LogP contribution in [0.4, 0.5) is 0 Å². The summed E-state index contributed by atoms with van der Waals surface area (Å²) in [6.07, 6.45) is 6.48. The number of Topliss-reactive ketones (excluding diaryl/α,β-unsaturated/α-hetero) is 1. The highest BCUT2D eigenvalue weighted by Crippen LogP contribution is 2.68. The standard InChI is InChI=1S/C25H36O6/c1-4-5-21(30)31-25(20(29)14-26)11-9-18-17-7-6-15-12-16(27)8-10-23(15,2)22(17)19(28)13-24(18,25)3/h12,17-19,22,26,28H,4-11,13-14H2,1-3H3/t17-,18-,19-,22-,23-,24-,25-/m0/s1. The summed E-state index contributed by atoms with van der Waals surface area (Å²) in [5.41, 5.74) is -1.12. The number of aliphatic hydroxyl groups excluding tert-OH is 2. The van der Waals surface area contributed by atoms with Crippen molar-refractivity contribution in [3.8, 4) is 0 Å². The smallest absolute Gasteiger partial charge is 0.306 e. The predicted octanol–water partition coefficient (Wildman–Crippen LogP) is 3.13. The van der Waals surface area contributed by atoms with Gasteiger partial charge in [0, 0.05) is 18.3 Å². The van der Waals surface area contributed by atoms with Gasteiger partial charge < -0.3 is 14.9 Å². The molecule has 0 amide bonds. The van der Waals surface area contributed by atoms with Crippen molar-refractivity contribution in [2.75, 3.05) is 6.61 Å². The predicted molar refractivity (Wildman–Crippen MR) is 114 cm³/mol. The van der Waals surface area contributed by atoms with E-state index >= 15 is 0 Å². The quantitative estimate of drug-likeness (QED) is 0.648. The second-order valence-corrected chi connectivity index (χ2v) is 10.7. The number of esters is 1. The van der Waals surface area contributed by atoms with Gasteiger partial charge in [0.2, 0.25) is 5.78 Å². The van der Waals surface area contributed by atoms with Gasteiger partial charge in [-0.2, -0.15) is 0 Å². The van der Waals surface area contributed by atoms with Crippen LogP contribution in [0.3, 0.4) is 0 Å². The van der Waals surface area contributed by atoms with Crippen LogP contribution >= 0.6 is 0 Å². The number of carbonyl (C=O) groups is 3. The van der Waals surface area contributed by atoms with Gasteiger partial charge in [0.05, 0.1) is 6.10 Å². The molecule has 0 aliphatic heterocycles. The highest BCUT2D eigenvalue weighted by Gasteiger charge is 2.70. The molecule has 0 heterocycles. The van der Waals surface area contributed by atoms with Crippen LogP contribution in [0.15, 0.2) is 11.6 Å². The molecule has 0 unspecified atom stereocenters. The first-order valence-corrected chi connectivity index (χ1v) is 11.9. The Morgan fingerprint density at radius 3 is 2.61 bits per heavy atom. The lowest BCUT2D eigenvalue weighted by atomic mass is 9.45. The van der Waals surface area contributed by atoms with Crippen molar-refractivity contribution in [3.63, 3.8) is 0 Å². The lowest BCUT2D eigenvalue weighted by molar-refractivity contribution is -0.202. The van der Waals surface area contributed by atoms with E-state index in [0.717, 1.165) is 31.3 Å². The minimum atomic E-state index is -1.37. The lowest BCUT2D eigenvalue weighted by Gasteiger charge is -2.60. The van der Waals surface area contributed by atoms with E-state index in [1.54, 1.807) is 6.08 Å². The number of ether oxygens (including phenoxy) is 1. The Morgan fingerprint density at radius 1 is 1.19 bits per heavy atom. The molecule has 4 rings (SSSR count). The van der Waals surface area contributed by atoms with Crippen LogP contribution in [0.2, 0.25) is 0 Å². The fourth-order valence-corrected chi connectivity index (χ4v) is 7.94. The molecule has 0 aromatic carbocycles. The molecular weight excluding hydrogens is 396 g/mol. The molecule has 4 aliphatic rings. The molecule has 0 spiro atoms. The molecule has 6 nitrogen and oxygen atoms in total. The molecule has 0 saturated heterocycles. The lowest BCUT2D eigenvalue weighted by Crippen LogP contribution is -2.63. The normalized spacial score (nSPS) is 44.0. The number of aliphatic hydroxyl groups is 2. The SMILES string of the molecule is CCCC(=O)O[C@]1(C(=O)CO)CC[C@H]2[C@@H]3CCC4=CC(=O)CC[C@]4(C)[C@@H]3[C@@H](O)C[C@@]21C. The number of carbonyl (C=O) groups excluding carboxylic acids is 3. The number of hydrogen-bond acceptors (Lipinski definition) is 6. The maximum absolute atomic E-state index is 13.1. The van der Waals surface area contributed by atoms with Crippen LogP contribution in [0.25, 0.3) is 0 Å². The molecule has 0 aromatic heterocycles. The Hall–Kier alpha value is -1.53. The van der Waals surface area contributed by atoms with E-state index in [0.29, 0.717) is 25.7 Å². The first kappa shape index (κ1) is 22.7. The molecule has 0 aromatic rings. The molecule has 6 heteroatoms. The van der Waals surface area contributed by atoms with Crippen LogP contribution in [-0.4, -0.2) is 46.1 Å². The van der Waals surface area contributed by atoms with Crippen LogP contribution < -0.4 is 0 Å². The maximum atomic E-state index is 13.1. The Morgan fingerprint density at radius 2 is 1.94 bits per heavy atom. The molecule has 2 N–H and O–H groups in total. The summed E-state index contributed by atoms with van der Waals surface area (Å²) in [5, 5.41) is 21.3. The summed E-state index contributed by atoms with van der Waals surface area (Å²) in [5.74, 6) is -0.320. The molecule has 172 valence electrons. The second-order valence-electron chi connectivity index (χ2n) is 10.7. The Bertz CT molecular complexity index is 817. The van der Waals surface area contributed by atoms with Crippen molar-refractivity contribution in [2.45, 2.75) is 90.3 Å². The van der Waals surface area contributed by atoms with E-state index in [4.69, 9.17) is 4.74 Å². The number of allylic oxidation sites excluding steroid dienone is 1. The first-order chi connectivity index (χ1) is 14.6. The average Bonchev–Trinajstić information content (AvgIpc) is 3.00. The fraction of sp³-hybridized carbons (Fsp3) is 0.800. The largest absolute Gasteiger partial charge is 0.450 e. The zero-order chi connectivity index (χ0) is 22.6. The first-order valence-electron chi connectivity index (χ1n) is 11.9. The van der Waals surface area contributed by atoms with Gasteiger partial charge in [0.1, 0.15) is 6.61 Å². The summed E-state index contributed by atoms with van der Waals surface area (Å²) >= 11 is 0. The molecule has 0 radical (unpaired) electrons. The van der Waals surface area contributed by atoms with E-state index < -0.39 is 35.5 Å². The highest BCUT2D eigenvalue weighted by molar-refractivity contribution is 5.92. The Kier molecular flexibility index (Phi) is 5.70. The van der Waals surface area contributed by atoms with Crippen LogP contribution in [0, 0.1) is 28.6 Å². The van der Waals surface area contributed by atoms with Crippen molar-refractivity contribution >= 4 is 17.5 Å². The monoisotopic (exact) mass is 432 g/mol. The number of ketones is 2. The topological polar surface area (TPSA) is 101 Å². The summed E-state index contributed by atoms with van der Waals surface area (Å²) in [4.78, 5) is 37.6. The van der Waals surface area contributed by atoms with Gasteiger partial charge in [-0.15, -0.1) is 0 Å². The van der Waals surface area contributed by atoms with Crippen molar-refractivity contribution in [1.29, 1.82) is 0 Å². The zero-order valence-corrected chi connectivity index (χ0v) is 19.0. The van der Waals surface area contributed by atoms with E-state index in [9.17, 15) is 24.6 Å². The molecule has 3 fully saturated rings. The van der Waals surface area contributed by atoms with Gasteiger partial charge in [-0.1, -0.05) is 26.3 Å². The Balaban J connectivity index is 1.73. The minimum Gasteiger partial charge on any atom is -0.450 e. The molecular formula is C25H36O6. The van der Waals surface area contributed by atoms with E-state index in [-0.39, 0.29) is 35.4 Å². The number of hydrogen-bond donors (Lipinski definition) is 2. The highest BCUT2D eigenvalue weighted by atomic mass is 16.6. The van der Waals surface area contributed by atoms with Gasteiger partial charge in [0.25, 0.3) is 0 Å². The third-order valence-corrected chi connectivity index (χ3v) is 9.35. The summed E-state index contributed by atoms with van der Waals surface area (Å²) in [7, 11) is 0. The van der Waals surface area contributed by atoms with Crippen LogP contribution in [0.1, 0.15) is 78.6 Å². The van der Waals surface area contributed by atoms with Crippen molar-refractivity contribution in [3.05, 3.63) is 11.6 Å². The number of fused-ring (bicyclic) bond motifs is 5. The molecule has 7 atom stereocenters. The minimum absolute atomic E-state index is 0.0325. The van der Waals surface area contributed by atoms with Gasteiger partial charge in [-0.3, -0.25) is 14.4 Å². The van der Waals surface area contributed by atoms with Crippen molar-refractivity contribution < 1.29 is 29.3 Å². The summed E-state index contributed by atoms with van der Waals surface area (Å²) < 4.78 is 5.92. The van der Waals surface area contributed by atoms with E-state index in [2.05, 4.69) is 6.92 Å². The maximum Gasteiger partial charge on any atom is 0.306 e. The summed E-state index contributed by atoms with van der Waals surface area (Å²) in [6.45, 7) is 5.39. The van der Waals surface area contributed by atoms with Crippen LogP contribution in [-0.2, 0) is 19.1 Å². The van der Waals surface area contributed by atoms with Crippen molar-refractivity contribution in [2.24, 2.45) is 28.6 Å². The molecule has 0 bridgehead atoms. The third-order valence-electron chi connectivity index (χ3n) is 9.35. The molecule has 4 aliphatic carbocycles. The second kappa shape index (κ2) is 7.80. The third kappa shape index (κ3) is 3.16. The van der Waals surface area contributed by atoms with Crippen LogP contribution in [0.5, 0.6) is 0 Å². The van der Waals surface area contributed by atoms with Gasteiger partial charge >= 0.3 is 5.97 Å². The van der Waals surface area contributed by atoms with Gasteiger partial charge in [-0.05, 0) is 74.2 Å². The zero-order valence-electron chi connectivity index (χ0n) is 19.0. The van der Waals surface area contributed by atoms with E-state index in [1.807, 2.05) is 13.8 Å². The van der Waals surface area contributed by atoms with Gasteiger partial charge in [0.15, 0.2) is 11.4 Å². The molecule has 3 saturated carbocycles. The average molecular weight is 433 g/mol. The Labute approximate surface area is 184 Å². The van der Waals surface area contributed by atoms with Crippen molar-refractivity contribution in [1.82, 2.24) is 0 Å².